The number of amides is 1. The van der Waals surface area contributed by atoms with Gasteiger partial charge in [0.15, 0.2) is 5.16 Å². The lowest BCUT2D eigenvalue weighted by molar-refractivity contribution is -0.127. The molecule has 2 rings (SSSR count). The molecule has 0 saturated carbocycles. The lowest BCUT2D eigenvalue weighted by atomic mass is 10.3. The summed E-state index contributed by atoms with van der Waals surface area (Å²) < 4.78 is 1.86. The molecule has 0 atom stereocenters. The highest BCUT2D eigenvalue weighted by Crippen LogP contribution is 2.19. The van der Waals surface area contributed by atoms with Gasteiger partial charge in [-0.1, -0.05) is 42.1 Å². The van der Waals surface area contributed by atoms with Crippen LogP contribution in [0.2, 0.25) is 0 Å². The molecule has 0 bridgehead atoms. The molecule has 0 unspecified atom stereocenters. The summed E-state index contributed by atoms with van der Waals surface area (Å²) in [5.41, 5.74) is 0.969. The van der Waals surface area contributed by atoms with E-state index in [1.54, 1.807) is 23.4 Å². The van der Waals surface area contributed by atoms with Gasteiger partial charge in [-0.2, -0.15) is 0 Å². The minimum absolute atomic E-state index is 0.0208. The van der Waals surface area contributed by atoms with Crippen LogP contribution >= 0.6 is 11.8 Å². The first-order valence-corrected chi connectivity index (χ1v) is 7.82. The Labute approximate surface area is 134 Å². The van der Waals surface area contributed by atoms with E-state index in [0.29, 0.717) is 24.0 Å². The average Bonchev–Trinajstić information content (AvgIpc) is 3.02. The quantitative estimate of drug-likeness (QED) is 0.555. The predicted molar refractivity (Wildman–Crippen MR) is 89.1 cm³/mol. The number of nitrogens with zero attached hydrogens (tertiary/aromatic N) is 4. The molecular weight excluding hydrogens is 296 g/mol. The highest BCUT2D eigenvalue weighted by molar-refractivity contribution is 7.99. The van der Waals surface area contributed by atoms with Gasteiger partial charge in [0.2, 0.25) is 5.91 Å². The van der Waals surface area contributed by atoms with E-state index in [1.165, 1.54) is 11.8 Å². The largest absolute Gasteiger partial charge is 0.335 e. The Bertz CT molecular complexity index is 629. The molecule has 5 nitrogen and oxygen atoms in total. The molecule has 0 aliphatic carbocycles. The number of carbonyl (C=O) groups excluding carboxylic acids is 1. The zero-order chi connectivity index (χ0) is 15.8. The van der Waals surface area contributed by atoms with Crippen LogP contribution in [0.1, 0.15) is 0 Å². The van der Waals surface area contributed by atoms with E-state index in [-0.39, 0.29) is 5.91 Å². The average molecular weight is 314 g/mol. The van der Waals surface area contributed by atoms with Crippen molar-refractivity contribution in [1.29, 1.82) is 0 Å². The molecule has 1 aromatic carbocycles. The van der Waals surface area contributed by atoms with Crippen molar-refractivity contribution in [2.24, 2.45) is 0 Å². The Morgan fingerprint density at radius 1 is 1.23 bits per heavy atom. The topological polar surface area (TPSA) is 51.0 Å². The number of thioether (sulfide) groups is 1. The minimum atomic E-state index is 0.0208. The first kappa shape index (κ1) is 16.0. The second kappa shape index (κ2) is 8.19. The monoisotopic (exact) mass is 314 g/mol. The van der Waals surface area contributed by atoms with Gasteiger partial charge in [0.1, 0.15) is 6.33 Å². The molecule has 0 saturated heterocycles. The number of rotatable bonds is 8. The Balaban J connectivity index is 2.03. The van der Waals surface area contributed by atoms with Crippen molar-refractivity contribution in [1.82, 2.24) is 19.7 Å². The summed E-state index contributed by atoms with van der Waals surface area (Å²) >= 11 is 1.37. The van der Waals surface area contributed by atoms with Gasteiger partial charge in [-0.15, -0.1) is 23.4 Å². The third-order valence-corrected chi connectivity index (χ3v) is 3.86. The zero-order valence-electron chi connectivity index (χ0n) is 12.3. The Kier molecular flexibility index (Phi) is 5.97. The summed E-state index contributed by atoms with van der Waals surface area (Å²) in [7, 11) is 0. The van der Waals surface area contributed by atoms with Gasteiger partial charge in [-0.3, -0.25) is 9.36 Å². The fourth-order valence-electron chi connectivity index (χ4n) is 1.90. The summed E-state index contributed by atoms with van der Waals surface area (Å²) in [5.74, 6) is 0.320. The van der Waals surface area contributed by atoms with Gasteiger partial charge >= 0.3 is 0 Å². The van der Waals surface area contributed by atoms with Gasteiger partial charge in [-0.25, -0.2) is 0 Å². The van der Waals surface area contributed by atoms with E-state index in [9.17, 15) is 4.79 Å². The van der Waals surface area contributed by atoms with Crippen LogP contribution in [0.15, 0.2) is 67.1 Å². The van der Waals surface area contributed by atoms with E-state index >= 15 is 0 Å². The molecule has 0 radical (unpaired) electrons. The third kappa shape index (κ3) is 4.08. The van der Waals surface area contributed by atoms with E-state index in [4.69, 9.17) is 0 Å². The maximum Gasteiger partial charge on any atom is 0.233 e. The number of para-hydroxylation sites is 1. The van der Waals surface area contributed by atoms with Crippen molar-refractivity contribution < 1.29 is 4.79 Å². The fraction of sp³-hybridized carbons (Fsp3) is 0.188. The molecule has 6 heteroatoms. The van der Waals surface area contributed by atoms with E-state index in [2.05, 4.69) is 23.4 Å². The van der Waals surface area contributed by atoms with Gasteiger partial charge < -0.3 is 4.90 Å². The van der Waals surface area contributed by atoms with Crippen molar-refractivity contribution >= 4 is 17.7 Å². The molecule has 1 aromatic heterocycles. The third-order valence-electron chi connectivity index (χ3n) is 2.93. The molecule has 22 heavy (non-hydrogen) atoms. The number of carbonyl (C=O) groups is 1. The summed E-state index contributed by atoms with van der Waals surface area (Å²) in [6.07, 6.45) is 5.06. The fourth-order valence-corrected chi connectivity index (χ4v) is 2.73. The summed E-state index contributed by atoms with van der Waals surface area (Å²) in [6, 6.07) is 9.79. The van der Waals surface area contributed by atoms with Crippen molar-refractivity contribution in [3.63, 3.8) is 0 Å². The molecule has 0 aliphatic heterocycles. The Morgan fingerprint density at radius 3 is 2.55 bits per heavy atom. The lowest BCUT2D eigenvalue weighted by Crippen LogP contribution is -2.32. The van der Waals surface area contributed by atoms with Crippen molar-refractivity contribution in [2.45, 2.75) is 5.16 Å². The zero-order valence-corrected chi connectivity index (χ0v) is 13.1. The maximum atomic E-state index is 12.2. The Hall–Kier alpha value is -2.34. The van der Waals surface area contributed by atoms with Crippen LogP contribution < -0.4 is 0 Å². The molecule has 0 fully saturated rings. The maximum absolute atomic E-state index is 12.2. The van der Waals surface area contributed by atoms with Gasteiger partial charge in [0, 0.05) is 18.8 Å². The molecule has 1 heterocycles. The molecule has 2 aromatic rings. The highest BCUT2D eigenvalue weighted by atomic mass is 32.2. The minimum Gasteiger partial charge on any atom is -0.335 e. The van der Waals surface area contributed by atoms with Crippen molar-refractivity contribution in [3.8, 4) is 5.69 Å². The van der Waals surface area contributed by atoms with Gasteiger partial charge in [-0.05, 0) is 12.1 Å². The van der Waals surface area contributed by atoms with Crippen LogP contribution in [-0.4, -0.2) is 44.4 Å². The summed E-state index contributed by atoms with van der Waals surface area (Å²) in [5, 5.41) is 8.70. The smallest absolute Gasteiger partial charge is 0.233 e. The lowest BCUT2D eigenvalue weighted by Gasteiger charge is -2.18. The van der Waals surface area contributed by atoms with Gasteiger partial charge in [0.05, 0.1) is 5.75 Å². The summed E-state index contributed by atoms with van der Waals surface area (Å²) in [6.45, 7) is 8.36. The van der Waals surface area contributed by atoms with Crippen LogP contribution in [0.5, 0.6) is 0 Å². The molecule has 114 valence electrons. The van der Waals surface area contributed by atoms with E-state index in [1.807, 2.05) is 34.9 Å². The van der Waals surface area contributed by atoms with Crippen LogP contribution in [0.25, 0.3) is 5.69 Å². The molecular formula is C16H18N4OS. The van der Waals surface area contributed by atoms with Crippen LogP contribution in [0.4, 0.5) is 0 Å². The van der Waals surface area contributed by atoms with Crippen molar-refractivity contribution in [3.05, 3.63) is 62.0 Å². The van der Waals surface area contributed by atoms with Crippen LogP contribution in [-0.2, 0) is 4.79 Å². The number of hydrogen-bond donors (Lipinski definition) is 0. The van der Waals surface area contributed by atoms with E-state index < -0.39 is 0 Å². The van der Waals surface area contributed by atoms with E-state index in [0.717, 1.165) is 5.69 Å². The molecule has 0 aliphatic rings. The standard InChI is InChI=1S/C16H18N4OS/c1-3-10-19(11-4-2)15(21)12-22-16-18-17-13-20(16)14-8-6-5-7-9-14/h3-9,13H,1-2,10-12H2. The SMILES string of the molecule is C=CCN(CC=C)C(=O)CSc1nncn1-c1ccccc1. The number of hydrogen-bond acceptors (Lipinski definition) is 4. The molecule has 0 spiro atoms. The molecule has 0 N–H and O–H groups in total. The normalized spacial score (nSPS) is 10.2. The first-order valence-electron chi connectivity index (χ1n) is 6.84. The van der Waals surface area contributed by atoms with Gasteiger partial charge in [0.25, 0.3) is 0 Å². The highest BCUT2D eigenvalue weighted by Gasteiger charge is 2.14. The number of aromatic nitrogens is 3. The van der Waals surface area contributed by atoms with Crippen molar-refractivity contribution in [2.75, 3.05) is 18.8 Å². The Morgan fingerprint density at radius 2 is 1.91 bits per heavy atom. The second-order valence-corrected chi connectivity index (χ2v) is 5.43. The van der Waals surface area contributed by atoms with Crippen LogP contribution in [0.3, 0.4) is 0 Å². The first-order chi connectivity index (χ1) is 10.8. The summed E-state index contributed by atoms with van der Waals surface area (Å²) in [4.78, 5) is 13.9. The predicted octanol–water partition coefficient (Wildman–Crippen LogP) is 2.56. The second-order valence-electron chi connectivity index (χ2n) is 4.48. The number of benzene rings is 1. The molecule has 1 amide bonds. The van der Waals surface area contributed by atoms with Crippen LogP contribution in [0, 0.1) is 0 Å².